The summed E-state index contributed by atoms with van der Waals surface area (Å²) in [6.07, 6.45) is -3.30. The first-order valence-corrected chi connectivity index (χ1v) is 7.53. The number of carbonyl (C=O) groups is 2. The SMILES string of the molecule is COC(=O)c1ccc(NC(=O)Nc2ccn(CC(F)(F)F)n2)cc1Br. The van der Waals surface area contributed by atoms with Crippen molar-refractivity contribution in [3.8, 4) is 0 Å². The van der Waals surface area contributed by atoms with E-state index in [-0.39, 0.29) is 11.4 Å². The number of hydrogen-bond acceptors (Lipinski definition) is 4. The molecule has 2 amide bonds. The molecule has 7 nitrogen and oxygen atoms in total. The summed E-state index contributed by atoms with van der Waals surface area (Å²) in [6, 6.07) is 4.94. The number of ether oxygens (including phenoxy) is 1. The summed E-state index contributed by atoms with van der Waals surface area (Å²) in [5, 5.41) is 8.37. The van der Waals surface area contributed by atoms with E-state index in [1.807, 2.05) is 0 Å². The number of esters is 1. The first-order valence-electron chi connectivity index (χ1n) is 6.74. The summed E-state index contributed by atoms with van der Waals surface area (Å²) in [5.74, 6) is -0.579. The highest BCUT2D eigenvalue weighted by Crippen LogP contribution is 2.22. The number of nitrogens with zero attached hydrogens (tertiary/aromatic N) is 2. The Morgan fingerprint density at radius 1 is 1.28 bits per heavy atom. The van der Waals surface area contributed by atoms with E-state index in [9.17, 15) is 22.8 Å². The van der Waals surface area contributed by atoms with Gasteiger partial charge >= 0.3 is 18.2 Å². The first-order chi connectivity index (χ1) is 11.7. The average molecular weight is 421 g/mol. The summed E-state index contributed by atoms with van der Waals surface area (Å²) < 4.78 is 42.4. The highest BCUT2D eigenvalue weighted by atomic mass is 79.9. The molecule has 1 heterocycles. The molecule has 2 aromatic rings. The predicted molar refractivity (Wildman–Crippen MR) is 86.4 cm³/mol. The quantitative estimate of drug-likeness (QED) is 0.739. The zero-order valence-corrected chi connectivity index (χ0v) is 14.3. The number of anilines is 2. The molecule has 0 unspecified atom stereocenters. The molecule has 0 atom stereocenters. The van der Waals surface area contributed by atoms with Crippen LogP contribution >= 0.6 is 15.9 Å². The van der Waals surface area contributed by atoms with E-state index in [2.05, 4.69) is 36.4 Å². The van der Waals surface area contributed by atoms with Gasteiger partial charge in [0.05, 0.1) is 12.7 Å². The Morgan fingerprint density at radius 2 is 2.00 bits per heavy atom. The van der Waals surface area contributed by atoms with Crippen molar-refractivity contribution in [2.45, 2.75) is 12.7 Å². The van der Waals surface area contributed by atoms with Gasteiger partial charge in [-0.1, -0.05) is 0 Å². The Kier molecular flexibility index (Phi) is 5.67. The second kappa shape index (κ2) is 7.55. The number of rotatable bonds is 4. The molecule has 0 saturated carbocycles. The van der Waals surface area contributed by atoms with Crippen LogP contribution in [-0.4, -0.2) is 35.1 Å². The van der Waals surface area contributed by atoms with Crippen LogP contribution in [-0.2, 0) is 11.3 Å². The molecule has 0 aliphatic heterocycles. The number of carbonyl (C=O) groups excluding carboxylic acids is 2. The van der Waals surface area contributed by atoms with Crippen LogP contribution in [0.1, 0.15) is 10.4 Å². The Hall–Kier alpha value is -2.56. The number of hydrogen-bond donors (Lipinski definition) is 2. The van der Waals surface area contributed by atoms with Gasteiger partial charge in [-0.3, -0.25) is 10.00 Å². The molecule has 25 heavy (non-hydrogen) atoms. The summed E-state index contributed by atoms with van der Waals surface area (Å²) in [7, 11) is 1.24. The van der Waals surface area contributed by atoms with Gasteiger partial charge < -0.3 is 10.1 Å². The molecular formula is C14H12BrF3N4O3. The summed E-state index contributed by atoms with van der Waals surface area (Å²) in [6.45, 7) is -1.25. The molecule has 134 valence electrons. The van der Waals surface area contributed by atoms with Crippen LogP contribution in [0.25, 0.3) is 0 Å². The monoisotopic (exact) mass is 420 g/mol. The van der Waals surface area contributed by atoms with Gasteiger partial charge in [-0.05, 0) is 34.1 Å². The molecular weight excluding hydrogens is 409 g/mol. The van der Waals surface area contributed by atoms with Crippen molar-refractivity contribution < 1.29 is 27.5 Å². The van der Waals surface area contributed by atoms with E-state index in [0.29, 0.717) is 14.8 Å². The Balaban J connectivity index is 1.99. The van der Waals surface area contributed by atoms with Crippen LogP contribution in [0.3, 0.4) is 0 Å². The molecule has 0 fully saturated rings. The number of benzene rings is 1. The maximum atomic E-state index is 12.3. The fourth-order valence-electron chi connectivity index (χ4n) is 1.85. The zero-order valence-electron chi connectivity index (χ0n) is 12.7. The maximum Gasteiger partial charge on any atom is 0.408 e. The number of aromatic nitrogens is 2. The largest absolute Gasteiger partial charge is 0.465 e. The lowest BCUT2D eigenvalue weighted by molar-refractivity contribution is -0.142. The smallest absolute Gasteiger partial charge is 0.408 e. The Morgan fingerprint density at radius 3 is 2.60 bits per heavy atom. The predicted octanol–water partition coefficient (Wildman–Crippen LogP) is 3.64. The second-order valence-electron chi connectivity index (χ2n) is 4.78. The van der Waals surface area contributed by atoms with Gasteiger partial charge in [0, 0.05) is 22.4 Å². The third kappa shape index (κ3) is 5.48. The number of amides is 2. The van der Waals surface area contributed by atoms with Gasteiger partial charge in [0.2, 0.25) is 0 Å². The van der Waals surface area contributed by atoms with Crippen molar-refractivity contribution >= 4 is 39.4 Å². The number of urea groups is 1. The van der Waals surface area contributed by atoms with Crippen molar-refractivity contribution in [3.63, 3.8) is 0 Å². The molecule has 0 radical (unpaired) electrons. The first kappa shape index (κ1) is 18.8. The summed E-state index contributed by atoms with van der Waals surface area (Å²) in [4.78, 5) is 23.3. The van der Waals surface area contributed by atoms with Gasteiger partial charge in [-0.15, -0.1) is 0 Å². The standard InChI is InChI=1S/C14H12BrF3N4O3/c1-25-12(23)9-3-2-8(6-10(9)15)19-13(24)20-11-4-5-22(21-11)7-14(16,17)18/h2-6H,7H2,1H3,(H2,19,20,21,24). The van der Waals surface area contributed by atoms with E-state index in [1.165, 1.54) is 31.4 Å². The van der Waals surface area contributed by atoms with Crippen molar-refractivity contribution in [1.29, 1.82) is 0 Å². The molecule has 1 aromatic heterocycles. The van der Waals surface area contributed by atoms with Crippen molar-refractivity contribution in [2.24, 2.45) is 0 Å². The minimum absolute atomic E-state index is 0.0352. The minimum atomic E-state index is -4.40. The van der Waals surface area contributed by atoms with Crippen LogP contribution in [0.15, 0.2) is 34.9 Å². The zero-order chi connectivity index (χ0) is 18.6. The highest BCUT2D eigenvalue weighted by Gasteiger charge is 2.28. The van der Waals surface area contributed by atoms with Crippen LogP contribution in [0.5, 0.6) is 0 Å². The second-order valence-corrected chi connectivity index (χ2v) is 5.63. The van der Waals surface area contributed by atoms with E-state index >= 15 is 0 Å². The molecule has 11 heteroatoms. The van der Waals surface area contributed by atoms with Crippen LogP contribution in [0.4, 0.5) is 29.5 Å². The lowest BCUT2D eigenvalue weighted by Gasteiger charge is -2.08. The molecule has 0 aliphatic carbocycles. The van der Waals surface area contributed by atoms with E-state index in [4.69, 9.17) is 0 Å². The fraction of sp³-hybridized carbons (Fsp3) is 0.214. The Labute approximate surface area is 148 Å². The lowest BCUT2D eigenvalue weighted by Crippen LogP contribution is -2.21. The van der Waals surface area contributed by atoms with Crippen LogP contribution in [0, 0.1) is 0 Å². The van der Waals surface area contributed by atoms with Crippen LogP contribution < -0.4 is 10.6 Å². The van der Waals surface area contributed by atoms with Gasteiger partial charge in [-0.2, -0.15) is 18.3 Å². The topological polar surface area (TPSA) is 85.2 Å². The molecule has 0 aliphatic rings. The van der Waals surface area contributed by atoms with E-state index in [1.54, 1.807) is 0 Å². The van der Waals surface area contributed by atoms with E-state index in [0.717, 1.165) is 6.20 Å². The molecule has 0 spiro atoms. The Bertz CT molecular complexity index is 792. The summed E-state index contributed by atoms with van der Waals surface area (Å²) in [5.41, 5.74) is 0.631. The third-order valence-corrected chi connectivity index (χ3v) is 3.51. The van der Waals surface area contributed by atoms with E-state index < -0.39 is 24.7 Å². The van der Waals surface area contributed by atoms with Crippen molar-refractivity contribution in [3.05, 3.63) is 40.5 Å². The van der Waals surface area contributed by atoms with Crippen molar-refractivity contribution in [2.75, 3.05) is 17.7 Å². The summed E-state index contributed by atoms with van der Waals surface area (Å²) >= 11 is 3.18. The third-order valence-electron chi connectivity index (χ3n) is 2.86. The maximum absolute atomic E-state index is 12.3. The fourth-order valence-corrected chi connectivity index (χ4v) is 2.39. The number of nitrogens with one attached hydrogen (secondary N) is 2. The van der Waals surface area contributed by atoms with Gasteiger partial charge in [0.25, 0.3) is 0 Å². The molecule has 2 N–H and O–H groups in total. The highest BCUT2D eigenvalue weighted by molar-refractivity contribution is 9.10. The normalized spacial score (nSPS) is 11.1. The van der Waals surface area contributed by atoms with Gasteiger partial charge in [-0.25, -0.2) is 9.59 Å². The van der Waals surface area contributed by atoms with Crippen molar-refractivity contribution in [1.82, 2.24) is 9.78 Å². The lowest BCUT2D eigenvalue weighted by atomic mass is 10.2. The van der Waals surface area contributed by atoms with Gasteiger partial charge in [0.15, 0.2) is 5.82 Å². The molecule has 2 rings (SSSR count). The molecule has 0 bridgehead atoms. The minimum Gasteiger partial charge on any atom is -0.465 e. The number of methoxy groups -OCH3 is 1. The van der Waals surface area contributed by atoms with Crippen LogP contribution in [0.2, 0.25) is 0 Å². The number of alkyl halides is 3. The number of halogens is 4. The molecule has 1 aromatic carbocycles. The van der Waals surface area contributed by atoms with Gasteiger partial charge in [0.1, 0.15) is 6.54 Å². The average Bonchev–Trinajstić information content (AvgIpc) is 2.91. The molecule has 0 saturated heterocycles.